The Hall–Kier alpha value is -1.96. The van der Waals surface area contributed by atoms with Gasteiger partial charge in [-0.3, -0.25) is 24.8 Å². The van der Waals surface area contributed by atoms with E-state index in [-0.39, 0.29) is 0 Å². The molecule has 12 heteroatoms. The zero-order valence-electron chi connectivity index (χ0n) is 20.0. The van der Waals surface area contributed by atoms with Crippen molar-refractivity contribution < 1.29 is 14.3 Å². The van der Waals surface area contributed by atoms with Gasteiger partial charge in [-0.2, -0.15) is 5.48 Å². The number of aryl methyl sites for hydroxylation is 2. The Morgan fingerprint density at radius 1 is 0.781 bits per heavy atom. The summed E-state index contributed by atoms with van der Waals surface area (Å²) in [4.78, 5) is 5.21. The maximum absolute atomic E-state index is 5.35. The van der Waals surface area contributed by atoms with Gasteiger partial charge in [0.1, 0.15) is 5.69 Å². The number of hydrogen-bond donors (Lipinski definition) is 3. The standard InChI is InChI=1S/C11H23N5O2.C9H18N4O/c1-3-5-12-10-17-6-7-18-13-8-11-9-16(4-2)15-14-11;1-3-5-10-8-14-7-9-6-13(4-2)12-11-9/h9,12-13H,3-8,10H2,1-2H3;6,10H,3-5,7-8H2,1-2H3. The predicted octanol–water partition coefficient (Wildman–Crippen LogP) is 1.06. The van der Waals surface area contributed by atoms with Gasteiger partial charge in [-0.15, -0.1) is 10.2 Å². The highest BCUT2D eigenvalue weighted by Gasteiger charge is 1.99. The highest BCUT2D eigenvalue weighted by Crippen LogP contribution is 1.95. The number of hydrogen-bond acceptors (Lipinski definition) is 10. The first kappa shape index (κ1) is 28.1. The van der Waals surface area contributed by atoms with Gasteiger partial charge in [-0.05, 0) is 39.8 Å². The molecule has 2 heterocycles. The molecule has 0 atom stereocenters. The maximum atomic E-state index is 5.35. The van der Waals surface area contributed by atoms with Crippen molar-refractivity contribution in [2.75, 3.05) is 39.8 Å². The first-order valence-corrected chi connectivity index (χ1v) is 11.4. The van der Waals surface area contributed by atoms with Crippen LogP contribution in [0.3, 0.4) is 0 Å². The SMILES string of the molecule is CCCNCOCCONCc1cn(CC)nn1.CCCNCOCc1cn(CC)nn1. The molecule has 2 rings (SSSR count). The van der Waals surface area contributed by atoms with E-state index < -0.39 is 0 Å². The van der Waals surface area contributed by atoms with Gasteiger partial charge >= 0.3 is 0 Å². The van der Waals surface area contributed by atoms with Crippen LogP contribution in [0.15, 0.2) is 12.4 Å². The maximum Gasteiger partial charge on any atom is 0.108 e. The molecule has 0 bridgehead atoms. The minimum absolute atomic E-state index is 0.510. The molecule has 32 heavy (non-hydrogen) atoms. The number of nitrogens with one attached hydrogen (secondary N) is 3. The van der Waals surface area contributed by atoms with Gasteiger partial charge < -0.3 is 9.47 Å². The molecule has 0 aliphatic carbocycles. The lowest BCUT2D eigenvalue weighted by Gasteiger charge is -2.06. The zero-order valence-corrected chi connectivity index (χ0v) is 20.0. The lowest BCUT2D eigenvalue weighted by atomic mass is 10.5. The molecule has 2 aromatic rings. The lowest BCUT2D eigenvalue weighted by Crippen LogP contribution is -2.22. The summed E-state index contributed by atoms with van der Waals surface area (Å²) in [7, 11) is 0. The predicted molar refractivity (Wildman–Crippen MR) is 121 cm³/mol. The van der Waals surface area contributed by atoms with Gasteiger partial charge in [0.25, 0.3) is 0 Å². The average Bonchev–Trinajstić information content (AvgIpc) is 3.47. The van der Waals surface area contributed by atoms with E-state index in [1.54, 1.807) is 9.36 Å². The van der Waals surface area contributed by atoms with Crippen molar-refractivity contribution in [3.05, 3.63) is 23.8 Å². The molecule has 0 saturated heterocycles. The molecule has 0 spiro atoms. The van der Waals surface area contributed by atoms with Gasteiger partial charge in [-0.25, -0.2) is 0 Å². The Balaban J connectivity index is 0.000000330. The lowest BCUT2D eigenvalue weighted by molar-refractivity contribution is -0.0114. The zero-order chi connectivity index (χ0) is 23.3. The first-order valence-electron chi connectivity index (χ1n) is 11.4. The molecule has 3 N–H and O–H groups in total. The van der Waals surface area contributed by atoms with Crippen LogP contribution in [-0.4, -0.2) is 69.8 Å². The van der Waals surface area contributed by atoms with Crippen molar-refractivity contribution in [2.24, 2.45) is 0 Å². The van der Waals surface area contributed by atoms with E-state index in [1.807, 2.05) is 26.2 Å². The second-order valence-electron chi connectivity index (χ2n) is 6.85. The Morgan fingerprint density at radius 2 is 1.38 bits per heavy atom. The van der Waals surface area contributed by atoms with Crippen molar-refractivity contribution in [3.8, 4) is 0 Å². The van der Waals surface area contributed by atoms with Crippen molar-refractivity contribution in [1.82, 2.24) is 46.1 Å². The summed E-state index contributed by atoms with van der Waals surface area (Å²) in [6.45, 7) is 15.2. The number of hydroxylamine groups is 1. The third-order valence-corrected chi connectivity index (χ3v) is 4.02. The summed E-state index contributed by atoms with van der Waals surface area (Å²) < 4.78 is 14.2. The van der Waals surface area contributed by atoms with Crippen molar-refractivity contribution >= 4 is 0 Å². The van der Waals surface area contributed by atoms with Crippen LogP contribution in [-0.2, 0) is 40.6 Å². The van der Waals surface area contributed by atoms with Gasteiger partial charge in [0, 0.05) is 19.3 Å². The van der Waals surface area contributed by atoms with Gasteiger partial charge in [0.15, 0.2) is 0 Å². The number of rotatable bonds is 18. The fraction of sp³-hybridized carbons (Fsp3) is 0.800. The van der Waals surface area contributed by atoms with Crippen LogP contribution in [0.25, 0.3) is 0 Å². The molecule has 184 valence electrons. The van der Waals surface area contributed by atoms with E-state index in [2.05, 4.69) is 50.6 Å². The van der Waals surface area contributed by atoms with Crippen LogP contribution in [0.4, 0.5) is 0 Å². The fourth-order valence-corrected chi connectivity index (χ4v) is 2.30. The monoisotopic (exact) mass is 455 g/mol. The second-order valence-corrected chi connectivity index (χ2v) is 6.85. The van der Waals surface area contributed by atoms with Gasteiger partial charge in [0.05, 0.1) is 51.7 Å². The quantitative estimate of drug-likeness (QED) is 0.171. The molecule has 0 unspecified atom stereocenters. The number of ether oxygens (including phenoxy) is 2. The smallest absolute Gasteiger partial charge is 0.108 e. The topological polar surface area (TPSA) is 125 Å². The minimum atomic E-state index is 0.510. The van der Waals surface area contributed by atoms with E-state index in [4.69, 9.17) is 14.3 Å². The molecule has 0 aliphatic heterocycles. The van der Waals surface area contributed by atoms with Crippen molar-refractivity contribution in [1.29, 1.82) is 0 Å². The van der Waals surface area contributed by atoms with E-state index in [0.717, 1.165) is 50.4 Å². The van der Waals surface area contributed by atoms with Crippen molar-refractivity contribution in [2.45, 2.75) is 66.8 Å². The summed E-state index contributed by atoms with van der Waals surface area (Å²) in [6.07, 6.45) is 6.02. The van der Waals surface area contributed by atoms with Crippen LogP contribution in [0.2, 0.25) is 0 Å². The molecule has 0 fully saturated rings. The fourth-order valence-electron chi connectivity index (χ4n) is 2.30. The average molecular weight is 456 g/mol. The molecule has 0 aromatic carbocycles. The minimum Gasteiger partial charge on any atom is -0.364 e. The largest absolute Gasteiger partial charge is 0.364 e. The molecule has 2 aromatic heterocycles. The van der Waals surface area contributed by atoms with Crippen LogP contribution in [0.5, 0.6) is 0 Å². The van der Waals surface area contributed by atoms with Gasteiger partial charge in [0.2, 0.25) is 0 Å². The number of aromatic nitrogens is 6. The Labute approximate surface area is 191 Å². The molecular weight excluding hydrogens is 414 g/mol. The van der Waals surface area contributed by atoms with E-state index in [9.17, 15) is 0 Å². The Kier molecular flexibility index (Phi) is 17.3. The molecule has 0 saturated carbocycles. The van der Waals surface area contributed by atoms with E-state index >= 15 is 0 Å². The summed E-state index contributed by atoms with van der Waals surface area (Å²) in [5, 5.41) is 22.1. The summed E-state index contributed by atoms with van der Waals surface area (Å²) in [5.41, 5.74) is 4.57. The highest BCUT2D eigenvalue weighted by molar-refractivity contribution is 4.90. The van der Waals surface area contributed by atoms with E-state index in [1.165, 1.54) is 0 Å². The first-order chi connectivity index (χ1) is 15.7. The normalized spacial score (nSPS) is 10.9. The molecule has 0 amide bonds. The third kappa shape index (κ3) is 14.2. The summed E-state index contributed by atoms with van der Waals surface area (Å²) >= 11 is 0. The highest BCUT2D eigenvalue weighted by atomic mass is 16.7. The summed E-state index contributed by atoms with van der Waals surface area (Å²) in [6, 6.07) is 0. The van der Waals surface area contributed by atoms with Crippen LogP contribution >= 0.6 is 0 Å². The molecule has 0 radical (unpaired) electrons. The van der Waals surface area contributed by atoms with Crippen molar-refractivity contribution in [3.63, 3.8) is 0 Å². The Morgan fingerprint density at radius 3 is 1.97 bits per heavy atom. The van der Waals surface area contributed by atoms with E-state index in [0.29, 0.717) is 39.8 Å². The molecule has 12 nitrogen and oxygen atoms in total. The van der Waals surface area contributed by atoms with Gasteiger partial charge in [-0.1, -0.05) is 24.3 Å². The van der Waals surface area contributed by atoms with Crippen LogP contribution in [0.1, 0.15) is 51.9 Å². The third-order valence-electron chi connectivity index (χ3n) is 4.02. The van der Waals surface area contributed by atoms with Crippen LogP contribution < -0.4 is 16.1 Å². The summed E-state index contributed by atoms with van der Waals surface area (Å²) in [5.74, 6) is 0. The molecule has 0 aliphatic rings. The molecular formula is C20H41N9O3. The second kappa shape index (κ2) is 19.7. The van der Waals surface area contributed by atoms with Crippen LogP contribution in [0, 0.1) is 0 Å². The Bertz CT molecular complexity index is 666. The number of nitrogens with zero attached hydrogens (tertiary/aromatic N) is 6.